The van der Waals surface area contributed by atoms with Crippen molar-refractivity contribution in [3.63, 3.8) is 0 Å². The van der Waals surface area contributed by atoms with Crippen LogP contribution in [0.4, 0.5) is 0 Å². The van der Waals surface area contributed by atoms with Crippen LogP contribution in [-0.2, 0) is 9.84 Å². The van der Waals surface area contributed by atoms with Gasteiger partial charge in [-0.25, -0.2) is 8.42 Å². The molecular formula is C28H28ClNO6S. The van der Waals surface area contributed by atoms with Gasteiger partial charge in [0.2, 0.25) is 0 Å². The zero-order chi connectivity index (χ0) is 26.4. The predicted molar refractivity (Wildman–Crippen MR) is 144 cm³/mol. The summed E-state index contributed by atoms with van der Waals surface area (Å²) in [5.41, 5.74) is 2.87. The number of aliphatic hydroxyl groups excluding tert-OH is 2. The van der Waals surface area contributed by atoms with Gasteiger partial charge in [0.25, 0.3) is 0 Å². The lowest BCUT2D eigenvalue weighted by molar-refractivity contribution is 0.188. The van der Waals surface area contributed by atoms with Crippen LogP contribution >= 0.6 is 11.6 Å². The molecule has 0 saturated heterocycles. The van der Waals surface area contributed by atoms with Gasteiger partial charge < -0.3 is 20.1 Å². The molecule has 1 aliphatic rings. The first kappa shape index (κ1) is 26.9. The summed E-state index contributed by atoms with van der Waals surface area (Å²) in [5, 5.41) is 30.0. The third-order valence-corrected chi connectivity index (χ3v) is 8.59. The molecule has 0 unspecified atom stereocenters. The van der Waals surface area contributed by atoms with E-state index in [4.69, 9.17) is 16.3 Å². The molecule has 0 bridgehead atoms. The number of hydrogen-bond donors (Lipinski definition) is 3. The Morgan fingerprint density at radius 3 is 2.57 bits per heavy atom. The molecule has 37 heavy (non-hydrogen) atoms. The minimum absolute atomic E-state index is 0.00180. The number of pyridine rings is 1. The molecule has 3 aromatic rings. The Hall–Kier alpha value is -3.17. The van der Waals surface area contributed by atoms with Gasteiger partial charge in [0.05, 0.1) is 29.2 Å². The summed E-state index contributed by atoms with van der Waals surface area (Å²) in [7, 11) is -3.67. The smallest absolute Gasteiger partial charge is 0.163 e. The van der Waals surface area contributed by atoms with E-state index in [2.05, 4.69) is 4.98 Å². The van der Waals surface area contributed by atoms with E-state index in [0.29, 0.717) is 39.6 Å². The van der Waals surface area contributed by atoms with E-state index in [-0.39, 0.29) is 24.5 Å². The number of phenolic OH excluding ortho intramolecular Hbond substituents is 1. The molecule has 0 fully saturated rings. The number of nitrogens with zero attached hydrogens (tertiary/aromatic N) is 1. The standard InChI is InChI=1S/C28H28ClNO6S/c29-24-15-22(32)11-9-19(24)14-20(25-8-4-5-13-30-25)10-12-26(33)28-21(18-37(34,35)27(28)16-31)17-36-23-6-2-1-3-7-23/h1-9,11,13-15,26-27,31-33H,10,12,16-18H2/b20-14-/t26-,27+/m1/s1. The minimum Gasteiger partial charge on any atom is -0.508 e. The van der Waals surface area contributed by atoms with Gasteiger partial charge in [-0.2, -0.15) is 0 Å². The molecule has 4 rings (SSSR count). The molecule has 0 radical (unpaired) electrons. The second kappa shape index (κ2) is 11.9. The second-order valence-electron chi connectivity index (χ2n) is 8.78. The van der Waals surface area contributed by atoms with Crippen LogP contribution in [0.15, 0.2) is 84.1 Å². The highest BCUT2D eigenvalue weighted by Crippen LogP contribution is 2.34. The fourth-order valence-electron chi connectivity index (χ4n) is 4.42. The number of benzene rings is 2. The van der Waals surface area contributed by atoms with Crippen molar-refractivity contribution >= 4 is 33.1 Å². The van der Waals surface area contributed by atoms with Gasteiger partial charge in [-0.15, -0.1) is 0 Å². The van der Waals surface area contributed by atoms with Crippen LogP contribution in [-0.4, -0.2) is 59.0 Å². The minimum atomic E-state index is -3.67. The molecule has 0 spiro atoms. The van der Waals surface area contributed by atoms with Gasteiger partial charge in [-0.05, 0) is 83.7 Å². The Morgan fingerprint density at radius 1 is 1.14 bits per heavy atom. The van der Waals surface area contributed by atoms with Crippen LogP contribution in [0.5, 0.6) is 11.5 Å². The third-order valence-electron chi connectivity index (χ3n) is 6.24. The first-order valence-corrected chi connectivity index (χ1v) is 13.9. The van der Waals surface area contributed by atoms with E-state index < -0.39 is 27.8 Å². The molecule has 9 heteroatoms. The van der Waals surface area contributed by atoms with Crippen molar-refractivity contribution in [2.24, 2.45) is 0 Å². The van der Waals surface area contributed by atoms with E-state index in [0.717, 1.165) is 5.57 Å². The van der Waals surface area contributed by atoms with Crippen LogP contribution in [0.1, 0.15) is 24.1 Å². The van der Waals surface area contributed by atoms with Crippen molar-refractivity contribution in [1.29, 1.82) is 0 Å². The van der Waals surface area contributed by atoms with Gasteiger partial charge in [-0.3, -0.25) is 4.98 Å². The van der Waals surface area contributed by atoms with Gasteiger partial charge >= 0.3 is 0 Å². The highest BCUT2D eigenvalue weighted by Gasteiger charge is 2.41. The molecule has 0 aliphatic carbocycles. The SMILES string of the molecule is O=S1(=O)CC(COc2ccccc2)=C([C@H](O)CC/C(=C/c2ccc(O)cc2Cl)c2ccccn2)[C@@H]1CO. The van der Waals surface area contributed by atoms with E-state index in [1.807, 2.05) is 36.4 Å². The van der Waals surface area contributed by atoms with Crippen molar-refractivity contribution in [2.45, 2.75) is 24.2 Å². The fraction of sp³-hybridized carbons (Fsp3) is 0.250. The number of allylic oxidation sites excluding steroid dienone is 1. The molecule has 2 heterocycles. The molecular weight excluding hydrogens is 514 g/mol. The average Bonchev–Trinajstić information content (AvgIpc) is 3.16. The number of aromatic nitrogens is 1. The highest BCUT2D eigenvalue weighted by atomic mass is 35.5. The van der Waals surface area contributed by atoms with Crippen molar-refractivity contribution in [3.8, 4) is 11.5 Å². The van der Waals surface area contributed by atoms with E-state index >= 15 is 0 Å². The number of halogens is 1. The molecule has 194 valence electrons. The van der Waals surface area contributed by atoms with Crippen LogP contribution < -0.4 is 4.74 Å². The third kappa shape index (κ3) is 6.59. The molecule has 1 aromatic heterocycles. The maximum Gasteiger partial charge on any atom is 0.163 e. The topological polar surface area (TPSA) is 117 Å². The summed E-state index contributed by atoms with van der Waals surface area (Å²) in [6.07, 6.45) is 2.91. The number of phenols is 1. The van der Waals surface area contributed by atoms with E-state index in [1.165, 1.54) is 12.1 Å². The van der Waals surface area contributed by atoms with Crippen LogP contribution in [0.25, 0.3) is 11.6 Å². The summed E-state index contributed by atoms with van der Waals surface area (Å²) >= 11 is 6.31. The molecule has 2 atom stereocenters. The lowest BCUT2D eigenvalue weighted by Crippen LogP contribution is -2.29. The molecule has 7 nitrogen and oxygen atoms in total. The van der Waals surface area contributed by atoms with Gasteiger partial charge in [0.15, 0.2) is 9.84 Å². The second-order valence-corrected chi connectivity index (χ2v) is 11.4. The molecule has 0 amide bonds. The Labute approximate surface area is 221 Å². The summed E-state index contributed by atoms with van der Waals surface area (Å²) in [6, 6.07) is 19.1. The average molecular weight is 542 g/mol. The zero-order valence-electron chi connectivity index (χ0n) is 20.0. The lowest BCUT2D eigenvalue weighted by atomic mass is 9.94. The number of para-hydroxylation sites is 1. The Bertz CT molecular complexity index is 1390. The van der Waals surface area contributed by atoms with Crippen molar-refractivity contribution in [2.75, 3.05) is 19.0 Å². The van der Waals surface area contributed by atoms with Gasteiger partial charge in [0, 0.05) is 6.20 Å². The monoisotopic (exact) mass is 541 g/mol. The quantitative estimate of drug-likeness (QED) is 0.328. The van der Waals surface area contributed by atoms with Crippen molar-refractivity contribution in [1.82, 2.24) is 4.98 Å². The van der Waals surface area contributed by atoms with Crippen molar-refractivity contribution in [3.05, 3.63) is 100 Å². The van der Waals surface area contributed by atoms with Crippen LogP contribution in [0.2, 0.25) is 5.02 Å². The molecule has 0 saturated carbocycles. The number of ether oxygens (including phenoxy) is 1. The fourth-order valence-corrected chi connectivity index (χ4v) is 6.52. The number of aliphatic hydroxyl groups is 2. The molecule has 3 N–H and O–H groups in total. The summed E-state index contributed by atoms with van der Waals surface area (Å²) in [5.74, 6) is 0.357. The first-order valence-electron chi connectivity index (χ1n) is 11.8. The van der Waals surface area contributed by atoms with Gasteiger partial charge in [-0.1, -0.05) is 35.9 Å². The highest BCUT2D eigenvalue weighted by molar-refractivity contribution is 7.92. The zero-order valence-corrected chi connectivity index (χ0v) is 21.6. The van der Waals surface area contributed by atoms with Crippen LogP contribution in [0.3, 0.4) is 0 Å². The number of rotatable bonds is 10. The summed E-state index contributed by atoms with van der Waals surface area (Å²) in [4.78, 5) is 4.42. The molecule has 1 aliphatic heterocycles. The van der Waals surface area contributed by atoms with Crippen molar-refractivity contribution < 1.29 is 28.5 Å². The van der Waals surface area contributed by atoms with E-state index in [9.17, 15) is 23.7 Å². The normalized spacial score (nSPS) is 18.1. The number of hydrogen-bond acceptors (Lipinski definition) is 7. The largest absolute Gasteiger partial charge is 0.508 e. The molecule has 2 aromatic carbocycles. The Balaban J connectivity index is 1.60. The first-order chi connectivity index (χ1) is 17.8. The van der Waals surface area contributed by atoms with Crippen LogP contribution in [0, 0.1) is 0 Å². The Kier molecular flexibility index (Phi) is 8.66. The summed E-state index contributed by atoms with van der Waals surface area (Å²) < 4.78 is 31.3. The predicted octanol–water partition coefficient (Wildman–Crippen LogP) is 4.29. The van der Waals surface area contributed by atoms with Gasteiger partial charge in [0.1, 0.15) is 23.4 Å². The maximum atomic E-state index is 12.8. The summed E-state index contributed by atoms with van der Waals surface area (Å²) in [6.45, 7) is -0.617. The number of sulfone groups is 1. The lowest BCUT2D eigenvalue weighted by Gasteiger charge is -2.20. The number of aromatic hydroxyl groups is 1. The Morgan fingerprint density at radius 2 is 1.89 bits per heavy atom. The van der Waals surface area contributed by atoms with E-state index in [1.54, 1.807) is 30.5 Å². The maximum absolute atomic E-state index is 12.8.